The molecule has 0 N–H and O–H groups in total. The van der Waals surface area contributed by atoms with Crippen molar-refractivity contribution in [2.24, 2.45) is 5.92 Å². The molecule has 0 unspecified atom stereocenters. The SMILES string of the molecule is O=C([C@H]1CCCN(S(=O)(=O)Cc2ccc(Cl)cc2)C1)N1CCN(c2cccc(C(F)(F)F)c2)CC1. The number of carbonyl (C=O) groups is 1. The van der Waals surface area contributed by atoms with Gasteiger partial charge in [-0.25, -0.2) is 12.7 Å². The van der Waals surface area contributed by atoms with Gasteiger partial charge >= 0.3 is 6.18 Å². The molecule has 190 valence electrons. The van der Waals surface area contributed by atoms with E-state index in [0.29, 0.717) is 61.8 Å². The summed E-state index contributed by atoms with van der Waals surface area (Å²) in [5, 5.41) is 0.530. The van der Waals surface area contributed by atoms with E-state index in [1.807, 2.05) is 4.90 Å². The maximum Gasteiger partial charge on any atom is 0.416 e. The van der Waals surface area contributed by atoms with Gasteiger partial charge in [0.1, 0.15) is 0 Å². The van der Waals surface area contributed by atoms with Crippen LogP contribution in [0.25, 0.3) is 0 Å². The van der Waals surface area contributed by atoms with Crippen LogP contribution in [0.1, 0.15) is 24.0 Å². The summed E-state index contributed by atoms with van der Waals surface area (Å²) in [5.74, 6) is -0.676. The molecular weight excluding hydrogens is 503 g/mol. The minimum atomic E-state index is -4.41. The lowest BCUT2D eigenvalue weighted by molar-refractivity contribution is -0.137. The van der Waals surface area contributed by atoms with Crippen LogP contribution >= 0.6 is 11.6 Å². The van der Waals surface area contributed by atoms with Gasteiger partial charge in [0, 0.05) is 50.0 Å². The van der Waals surface area contributed by atoms with Crippen molar-refractivity contribution in [3.8, 4) is 0 Å². The number of rotatable bonds is 5. The highest BCUT2D eigenvalue weighted by atomic mass is 35.5. The molecule has 35 heavy (non-hydrogen) atoms. The van der Waals surface area contributed by atoms with E-state index in [2.05, 4.69) is 0 Å². The van der Waals surface area contributed by atoms with Crippen molar-refractivity contribution >= 4 is 33.2 Å². The predicted octanol–water partition coefficient (Wildman–Crippen LogP) is 4.25. The van der Waals surface area contributed by atoms with Crippen LogP contribution in [0.5, 0.6) is 0 Å². The first kappa shape index (κ1) is 25.8. The number of sulfonamides is 1. The second kappa shape index (κ2) is 10.4. The molecule has 4 rings (SSSR count). The molecule has 0 radical (unpaired) electrons. The molecule has 0 aromatic heterocycles. The highest BCUT2D eigenvalue weighted by Crippen LogP contribution is 2.32. The average Bonchev–Trinajstić information content (AvgIpc) is 2.85. The Labute approximate surface area is 208 Å². The number of benzene rings is 2. The molecular formula is C24H27ClF3N3O3S. The maximum absolute atomic E-state index is 13.2. The van der Waals surface area contributed by atoms with Crippen molar-refractivity contribution in [3.63, 3.8) is 0 Å². The van der Waals surface area contributed by atoms with Crippen molar-refractivity contribution in [2.75, 3.05) is 44.2 Å². The van der Waals surface area contributed by atoms with E-state index in [1.165, 1.54) is 10.4 Å². The van der Waals surface area contributed by atoms with E-state index < -0.39 is 27.7 Å². The molecule has 1 atom stereocenters. The average molecular weight is 530 g/mol. The van der Waals surface area contributed by atoms with Crippen LogP contribution in [0.3, 0.4) is 0 Å². The Morgan fingerprint density at radius 3 is 2.34 bits per heavy atom. The van der Waals surface area contributed by atoms with Crippen molar-refractivity contribution in [1.29, 1.82) is 0 Å². The molecule has 2 heterocycles. The summed E-state index contributed by atoms with van der Waals surface area (Å²) < 4.78 is 66.4. The molecule has 11 heteroatoms. The number of alkyl halides is 3. The summed E-state index contributed by atoms with van der Waals surface area (Å²) in [7, 11) is -3.59. The van der Waals surface area contributed by atoms with Gasteiger partial charge in [-0.15, -0.1) is 0 Å². The van der Waals surface area contributed by atoms with Gasteiger partial charge in [0.05, 0.1) is 17.2 Å². The fourth-order valence-electron chi connectivity index (χ4n) is 4.60. The largest absolute Gasteiger partial charge is 0.416 e. The van der Waals surface area contributed by atoms with Crippen molar-refractivity contribution in [1.82, 2.24) is 9.21 Å². The number of anilines is 1. The zero-order valence-corrected chi connectivity index (χ0v) is 20.6. The van der Waals surface area contributed by atoms with Crippen LogP contribution in [0.2, 0.25) is 5.02 Å². The third-order valence-corrected chi connectivity index (χ3v) is 8.59. The van der Waals surface area contributed by atoms with Gasteiger partial charge in [0.15, 0.2) is 0 Å². The Kier molecular flexibility index (Phi) is 7.63. The van der Waals surface area contributed by atoms with Crippen LogP contribution in [0, 0.1) is 5.92 Å². The van der Waals surface area contributed by atoms with Gasteiger partial charge in [-0.2, -0.15) is 13.2 Å². The quantitative estimate of drug-likeness (QED) is 0.581. The maximum atomic E-state index is 13.2. The first-order valence-corrected chi connectivity index (χ1v) is 13.4. The molecule has 6 nitrogen and oxygen atoms in total. The fraction of sp³-hybridized carbons (Fsp3) is 0.458. The third-order valence-electron chi connectivity index (χ3n) is 6.52. The topological polar surface area (TPSA) is 60.9 Å². The highest BCUT2D eigenvalue weighted by molar-refractivity contribution is 7.88. The lowest BCUT2D eigenvalue weighted by Crippen LogP contribution is -2.53. The number of hydrogen-bond acceptors (Lipinski definition) is 4. The van der Waals surface area contributed by atoms with Crippen LogP contribution in [0.15, 0.2) is 48.5 Å². The number of hydrogen-bond donors (Lipinski definition) is 0. The molecule has 2 aromatic carbocycles. The summed E-state index contributed by atoms with van der Waals surface area (Å²) in [4.78, 5) is 16.7. The minimum Gasteiger partial charge on any atom is -0.368 e. The van der Waals surface area contributed by atoms with E-state index in [9.17, 15) is 26.4 Å². The molecule has 0 saturated carbocycles. The summed E-state index contributed by atoms with van der Waals surface area (Å²) in [6.07, 6.45) is -3.20. The molecule has 2 fully saturated rings. The molecule has 2 saturated heterocycles. The number of nitrogens with zero attached hydrogens (tertiary/aromatic N) is 3. The molecule has 0 bridgehead atoms. The fourth-order valence-corrected chi connectivity index (χ4v) is 6.34. The molecule has 2 aliphatic rings. The van der Waals surface area contributed by atoms with Crippen LogP contribution < -0.4 is 4.90 Å². The summed E-state index contributed by atoms with van der Waals surface area (Å²) in [5.41, 5.74) is 0.410. The highest BCUT2D eigenvalue weighted by Gasteiger charge is 2.36. The standard InChI is InChI=1S/C24H27ClF3N3O3S/c25-21-8-6-18(7-9-21)17-35(33,34)31-10-2-3-19(16-31)23(32)30-13-11-29(12-14-30)22-5-1-4-20(15-22)24(26,27)28/h1,4-9,15,19H,2-3,10-14,16-17H2/t19-/m0/s1. The lowest BCUT2D eigenvalue weighted by atomic mass is 9.97. The van der Waals surface area contributed by atoms with Gasteiger partial charge in [0.25, 0.3) is 0 Å². The van der Waals surface area contributed by atoms with Gasteiger partial charge in [-0.05, 0) is 48.7 Å². The Morgan fingerprint density at radius 1 is 1.00 bits per heavy atom. The second-order valence-electron chi connectivity index (χ2n) is 8.94. The zero-order valence-electron chi connectivity index (χ0n) is 19.0. The van der Waals surface area contributed by atoms with E-state index in [-0.39, 0.29) is 18.2 Å². The Hall–Kier alpha value is -2.30. The number of halogens is 4. The van der Waals surface area contributed by atoms with E-state index >= 15 is 0 Å². The van der Waals surface area contributed by atoms with Gasteiger partial charge < -0.3 is 9.80 Å². The zero-order chi connectivity index (χ0) is 25.2. The number of piperazine rings is 1. The van der Waals surface area contributed by atoms with E-state index in [0.717, 1.165) is 12.1 Å². The van der Waals surface area contributed by atoms with Gasteiger partial charge in [-0.1, -0.05) is 29.8 Å². The first-order valence-electron chi connectivity index (χ1n) is 11.5. The summed E-state index contributed by atoms with van der Waals surface area (Å²) in [6, 6.07) is 11.8. The first-order chi connectivity index (χ1) is 16.5. The third kappa shape index (κ3) is 6.29. The number of amides is 1. The monoisotopic (exact) mass is 529 g/mol. The molecule has 1 amide bonds. The van der Waals surface area contributed by atoms with Crippen molar-refractivity contribution in [2.45, 2.75) is 24.8 Å². The lowest BCUT2D eigenvalue weighted by Gasteiger charge is -2.39. The van der Waals surface area contributed by atoms with Crippen molar-refractivity contribution in [3.05, 3.63) is 64.7 Å². The summed E-state index contributed by atoms with van der Waals surface area (Å²) >= 11 is 5.88. The van der Waals surface area contributed by atoms with Crippen LogP contribution in [0.4, 0.5) is 18.9 Å². The second-order valence-corrected chi connectivity index (χ2v) is 11.3. The normalized spacial score (nSPS) is 20.2. The van der Waals surface area contributed by atoms with Gasteiger partial charge in [0.2, 0.25) is 15.9 Å². The Bertz CT molecular complexity index is 1150. The number of carbonyl (C=O) groups excluding carboxylic acids is 1. The van der Waals surface area contributed by atoms with E-state index in [4.69, 9.17) is 11.6 Å². The van der Waals surface area contributed by atoms with Crippen molar-refractivity contribution < 1.29 is 26.4 Å². The smallest absolute Gasteiger partial charge is 0.368 e. The molecule has 2 aromatic rings. The van der Waals surface area contributed by atoms with Gasteiger partial charge in [-0.3, -0.25) is 4.79 Å². The minimum absolute atomic E-state index is 0.0971. The molecule has 2 aliphatic heterocycles. The Morgan fingerprint density at radius 2 is 1.69 bits per heavy atom. The Balaban J connectivity index is 1.35. The predicted molar refractivity (Wildman–Crippen MR) is 129 cm³/mol. The van der Waals surface area contributed by atoms with E-state index in [1.54, 1.807) is 35.2 Å². The number of piperidine rings is 1. The molecule has 0 spiro atoms. The summed E-state index contributed by atoms with van der Waals surface area (Å²) in [6.45, 7) is 2.11. The molecule has 0 aliphatic carbocycles. The van der Waals surface area contributed by atoms with Crippen LogP contribution in [-0.4, -0.2) is 62.8 Å². The van der Waals surface area contributed by atoms with Crippen LogP contribution in [-0.2, 0) is 26.7 Å².